The molecule has 0 aromatic rings. The molecule has 2 heterocycles. The molecule has 0 saturated carbocycles. The second-order valence-corrected chi connectivity index (χ2v) is 6.83. The highest BCUT2D eigenvalue weighted by atomic mass is 16.4. The standard InChI is InChI=1S/C15H24N2O3/c1-15(2,3)12-4-6-16(7-5-12)14(20)17-9-11(10-17)8-13(18)19/h4,11H,5-10H2,1-3H3,(H,18,19). The number of carbonyl (C=O) groups excluding carboxylic acids is 1. The summed E-state index contributed by atoms with van der Waals surface area (Å²) in [5, 5.41) is 8.71. The van der Waals surface area contributed by atoms with Gasteiger partial charge in [0.15, 0.2) is 0 Å². The van der Waals surface area contributed by atoms with Crippen LogP contribution in [0.25, 0.3) is 0 Å². The quantitative estimate of drug-likeness (QED) is 0.789. The molecule has 0 aliphatic carbocycles. The third kappa shape index (κ3) is 3.32. The predicted octanol–water partition coefficient (Wildman–Crippen LogP) is 2.19. The van der Waals surface area contributed by atoms with E-state index in [9.17, 15) is 9.59 Å². The fourth-order valence-electron chi connectivity index (χ4n) is 2.83. The summed E-state index contributed by atoms with van der Waals surface area (Å²) < 4.78 is 0. The van der Waals surface area contributed by atoms with Gasteiger partial charge in [0.2, 0.25) is 0 Å². The lowest BCUT2D eigenvalue weighted by Gasteiger charge is -2.42. The van der Waals surface area contributed by atoms with Crippen molar-refractivity contribution in [1.82, 2.24) is 9.80 Å². The number of carbonyl (C=O) groups is 2. The lowest BCUT2D eigenvalue weighted by molar-refractivity contribution is -0.139. The van der Waals surface area contributed by atoms with Crippen LogP contribution in [0.3, 0.4) is 0 Å². The van der Waals surface area contributed by atoms with Crippen molar-refractivity contribution in [3.05, 3.63) is 11.6 Å². The van der Waals surface area contributed by atoms with Crippen molar-refractivity contribution in [2.24, 2.45) is 11.3 Å². The molecule has 0 spiro atoms. The predicted molar refractivity (Wildman–Crippen MR) is 76.4 cm³/mol. The molecule has 112 valence electrons. The smallest absolute Gasteiger partial charge is 0.320 e. The van der Waals surface area contributed by atoms with Gasteiger partial charge in [-0.3, -0.25) is 4.79 Å². The van der Waals surface area contributed by atoms with Crippen LogP contribution in [-0.2, 0) is 4.79 Å². The highest BCUT2D eigenvalue weighted by Gasteiger charge is 2.35. The highest BCUT2D eigenvalue weighted by molar-refractivity contribution is 5.76. The number of nitrogens with zero attached hydrogens (tertiary/aromatic N) is 2. The fourth-order valence-corrected chi connectivity index (χ4v) is 2.83. The molecule has 0 radical (unpaired) electrons. The van der Waals surface area contributed by atoms with Gasteiger partial charge in [0.1, 0.15) is 0 Å². The van der Waals surface area contributed by atoms with E-state index in [2.05, 4.69) is 26.8 Å². The lowest BCUT2D eigenvalue weighted by atomic mass is 9.83. The number of amides is 2. The number of likely N-dealkylation sites (tertiary alicyclic amines) is 1. The van der Waals surface area contributed by atoms with Crippen LogP contribution >= 0.6 is 0 Å². The van der Waals surface area contributed by atoms with Crippen molar-refractivity contribution >= 4 is 12.0 Å². The molecule has 1 N–H and O–H groups in total. The minimum absolute atomic E-state index is 0.0517. The van der Waals surface area contributed by atoms with Crippen molar-refractivity contribution < 1.29 is 14.7 Å². The van der Waals surface area contributed by atoms with E-state index in [4.69, 9.17) is 5.11 Å². The molecule has 1 saturated heterocycles. The van der Waals surface area contributed by atoms with Gasteiger partial charge in [-0.05, 0) is 11.8 Å². The van der Waals surface area contributed by atoms with Crippen molar-refractivity contribution in [3.8, 4) is 0 Å². The molecule has 2 amide bonds. The van der Waals surface area contributed by atoms with E-state index in [1.54, 1.807) is 4.90 Å². The van der Waals surface area contributed by atoms with Gasteiger partial charge in [0.25, 0.3) is 0 Å². The van der Waals surface area contributed by atoms with Crippen LogP contribution < -0.4 is 0 Å². The Bertz CT molecular complexity index is 431. The maximum absolute atomic E-state index is 12.2. The Balaban J connectivity index is 1.82. The number of rotatable bonds is 2. The fraction of sp³-hybridized carbons (Fsp3) is 0.733. The van der Waals surface area contributed by atoms with E-state index >= 15 is 0 Å². The van der Waals surface area contributed by atoms with Gasteiger partial charge in [-0.15, -0.1) is 0 Å². The van der Waals surface area contributed by atoms with E-state index < -0.39 is 5.97 Å². The van der Waals surface area contributed by atoms with Crippen LogP contribution in [0.5, 0.6) is 0 Å². The van der Waals surface area contributed by atoms with Gasteiger partial charge in [0, 0.05) is 32.1 Å². The molecule has 0 unspecified atom stereocenters. The molecule has 0 aromatic carbocycles. The first-order valence-electron chi connectivity index (χ1n) is 7.22. The molecule has 0 aromatic heterocycles. The Hall–Kier alpha value is -1.52. The summed E-state index contributed by atoms with van der Waals surface area (Å²) >= 11 is 0. The first-order valence-corrected chi connectivity index (χ1v) is 7.22. The van der Waals surface area contributed by atoms with Crippen LogP contribution in [0, 0.1) is 11.3 Å². The molecule has 20 heavy (non-hydrogen) atoms. The summed E-state index contributed by atoms with van der Waals surface area (Å²) in [7, 11) is 0. The first kappa shape index (κ1) is 14.9. The maximum atomic E-state index is 12.2. The van der Waals surface area contributed by atoms with Gasteiger partial charge in [0.05, 0.1) is 6.42 Å². The summed E-state index contributed by atoms with van der Waals surface area (Å²) in [5.41, 5.74) is 1.59. The summed E-state index contributed by atoms with van der Waals surface area (Å²) in [5.74, 6) is -0.653. The summed E-state index contributed by atoms with van der Waals surface area (Å²) in [6, 6.07) is 0.0517. The Kier molecular flexibility index (Phi) is 4.06. The molecule has 1 fully saturated rings. The monoisotopic (exact) mass is 280 g/mol. The van der Waals surface area contributed by atoms with E-state index in [0.717, 1.165) is 13.0 Å². The van der Waals surface area contributed by atoms with Gasteiger partial charge < -0.3 is 14.9 Å². The zero-order chi connectivity index (χ0) is 14.9. The summed E-state index contributed by atoms with van der Waals surface area (Å²) in [6.45, 7) is 9.19. The van der Waals surface area contributed by atoms with Crippen LogP contribution in [0.15, 0.2) is 11.6 Å². The maximum Gasteiger partial charge on any atom is 0.320 e. The third-order valence-corrected chi connectivity index (χ3v) is 4.13. The Labute approximate surface area is 120 Å². The molecule has 0 bridgehead atoms. The normalized spacial score (nSPS) is 20.4. The van der Waals surface area contributed by atoms with Gasteiger partial charge in [-0.2, -0.15) is 0 Å². The van der Waals surface area contributed by atoms with E-state index in [-0.39, 0.29) is 23.8 Å². The van der Waals surface area contributed by atoms with Gasteiger partial charge in [-0.1, -0.05) is 32.4 Å². The highest BCUT2D eigenvalue weighted by Crippen LogP contribution is 2.30. The largest absolute Gasteiger partial charge is 0.481 e. The van der Waals surface area contributed by atoms with E-state index in [0.29, 0.717) is 19.6 Å². The Morgan fingerprint density at radius 1 is 1.30 bits per heavy atom. The molecule has 2 rings (SSSR count). The average molecular weight is 280 g/mol. The lowest BCUT2D eigenvalue weighted by Crippen LogP contribution is -2.56. The van der Waals surface area contributed by atoms with Crippen molar-refractivity contribution in [1.29, 1.82) is 0 Å². The Morgan fingerprint density at radius 2 is 1.95 bits per heavy atom. The number of urea groups is 1. The van der Waals surface area contributed by atoms with Crippen molar-refractivity contribution in [2.45, 2.75) is 33.6 Å². The minimum Gasteiger partial charge on any atom is -0.481 e. The Morgan fingerprint density at radius 3 is 2.40 bits per heavy atom. The molecule has 2 aliphatic heterocycles. The third-order valence-electron chi connectivity index (χ3n) is 4.13. The summed E-state index contributed by atoms with van der Waals surface area (Å²) in [6.07, 6.45) is 3.26. The number of hydrogen-bond acceptors (Lipinski definition) is 2. The number of carboxylic acid groups (broad SMARTS) is 1. The van der Waals surface area contributed by atoms with Crippen molar-refractivity contribution in [2.75, 3.05) is 26.2 Å². The number of carboxylic acids is 1. The van der Waals surface area contributed by atoms with Crippen LogP contribution in [-0.4, -0.2) is 53.1 Å². The topological polar surface area (TPSA) is 60.9 Å². The SMILES string of the molecule is CC(C)(C)C1=CCN(C(=O)N2CC(CC(=O)O)C2)CC1. The van der Waals surface area contributed by atoms with Crippen LogP contribution in [0.1, 0.15) is 33.6 Å². The average Bonchev–Trinajstić information content (AvgIpc) is 2.31. The first-order chi connectivity index (χ1) is 9.27. The van der Waals surface area contributed by atoms with Crippen molar-refractivity contribution in [3.63, 3.8) is 0 Å². The molecule has 2 aliphatic rings. The van der Waals surface area contributed by atoms with Gasteiger partial charge in [-0.25, -0.2) is 4.79 Å². The number of hydrogen-bond donors (Lipinski definition) is 1. The molecular formula is C15H24N2O3. The van der Waals surface area contributed by atoms with E-state index in [1.165, 1.54) is 5.57 Å². The zero-order valence-corrected chi connectivity index (χ0v) is 12.6. The molecule has 5 nitrogen and oxygen atoms in total. The zero-order valence-electron chi connectivity index (χ0n) is 12.6. The van der Waals surface area contributed by atoms with Gasteiger partial charge >= 0.3 is 12.0 Å². The molecule has 0 atom stereocenters. The number of aliphatic carboxylic acids is 1. The van der Waals surface area contributed by atoms with Crippen LogP contribution in [0.4, 0.5) is 4.79 Å². The molecule has 5 heteroatoms. The minimum atomic E-state index is -0.780. The van der Waals surface area contributed by atoms with E-state index in [1.807, 2.05) is 4.90 Å². The summed E-state index contributed by atoms with van der Waals surface area (Å²) in [4.78, 5) is 26.4. The second kappa shape index (κ2) is 5.46. The molecular weight excluding hydrogens is 256 g/mol. The second-order valence-electron chi connectivity index (χ2n) is 6.83. The van der Waals surface area contributed by atoms with Crippen LogP contribution in [0.2, 0.25) is 0 Å².